The third kappa shape index (κ3) is 4.20. The minimum absolute atomic E-state index is 0.00108. The quantitative estimate of drug-likeness (QED) is 0.764. The van der Waals surface area contributed by atoms with Crippen LogP contribution in [0.3, 0.4) is 0 Å². The monoisotopic (exact) mass is 416 g/mol. The Labute approximate surface area is 162 Å². The highest BCUT2D eigenvalue weighted by molar-refractivity contribution is 6.36. The van der Waals surface area contributed by atoms with Crippen molar-refractivity contribution in [1.29, 1.82) is 0 Å². The van der Waals surface area contributed by atoms with Gasteiger partial charge in [-0.3, -0.25) is 9.59 Å². The molecule has 2 aromatic rings. The maximum absolute atomic E-state index is 13.1. The second kappa shape index (κ2) is 7.40. The maximum atomic E-state index is 13.1. The molecule has 142 valence electrons. The van der Waals surface area contributed by atoms with Crippen LogP contribution in [0, 0.1) is 5.92 Å². The number of alkyl halides is 3. The predicted octanol–water partition coefficient (Wildman–Crippen LogP) is 5.00. The number of amides is 2. The van der Waals surface area contributed by atoms with Crippen LogP contribution in [0.15, 0.2) is 42.5 Å². The molecule has 9 heteroatoms. The Bertz CT molecular complexity index is 902. The van der Waals surface area contributed by atoms with Gasteiger partial charge in [-0.2, -0.15) is 13.2 Å². The summed E-state index contributed by atoms with van der Waals surface area (Å²) < 4.78 is 39.2. The predicted molar refractivity (Wildman–Crippen MR) is 97.0 cm³/mol. The SMILES string of the molecule is O=C(Nc1ccccc1C(F)(F)F)[C@H]1CC(=O)N(c2cc(Cl)ccc2Cl)C1. The van der Waals surface area contributed by atoms with Crippen LogP contribution in [0.1, 0.15) is 12.0 Å². The van der Waals surface area contributed by atoms with Crippen LogP contribution in [0.25, 0.3) is 0 Å². The Kier molecular flexibility index (Phi) is 5.35. The van der Waals surface area contributed by atoms with Crippen molar-refractivity contribution in [3.05, 3.63) is 58.1 Å². The summed E-state index contributed by atoms with van der Waals surface area (Å²) in [5.74, 6) is -1.84. The normalized spacial score (nSPS) is 17.3. The molecule has 2 aromatic carbocycles. The van der Waals surface area contributed by atoms with E-state index in [0.29, 0.717) is 10.7 Å². The molecule has 4 nitrogen and oxygen atoms in total. The number of anilines is 2. The molecule has 0 aromatic heterocycles. The molecule has 3 rings (SSSR count). The zero-order valence-electron chi connectivity index (χ0n) is 13.7. The largest absolute Gasteiger partial charge is 0.418 e. The average Bonchev–Trinajstić information content (AvgIpc) is 2.98. The van der Waals surface area contributed by atoms with Crippen molar-refractivity contribution in [2.45, 2.75) is 12.6 Å². The molecule has 27 heavy (non-hydrogen) atoms. The first-order valence-corrected chi connectivity index (χ1v) is 8.65. The molecule has 1 fully saturated rings. The minimum Gasteiger partial charge on any atom is -0.325 e. The third-order valence-corrected chi connectivity index (χ3v) is 4.74. The van der Waals surface area contributed by atoms with Gasteiger partial charge < -0.3 is 10.2 Å². The molecule has 0 spiro atoms. The van der Waals surface area contributed by atoms with Crippen molar-refractivity contribution < 1.29 is 22.8 Å². The van der Waals surface area contributed by atoms with E-state index < -0.39 is 23.6 Å². The third-order valence-electron chi connectivity index (χ3n) is 4.19. The lowest BCUT2D eigenvalue weighted by Gasteiger charge is -2.19. The van der Waals surface area contributed by atoms with E-state index in [1.165, 1.54) is 35.2 Å². The van der Waals surface area contributed by atoms with Gasteiger partial charge in [-0.15, -0.1) is 0 Å². The highest BCUT2D eigenvalue weighted by atomic mass is 35.5. The molecule has 1 heterocycles. The van der Waals surface area contributed by atoms with Crippen LogP contribution in [-0.4, -0.2) is 18.4 Å². The summed E-state index contributed by atoms with van der Waals surface area (Å²) in [6.07, 6.45) is -4.74. The summed E-state index contributed by atoms with van der Waals surface area (Å²) in [5, 5.41) is 2.94. The summed E-state index contributed by atoms with van der Waals surface area (Å²) >= 11 is 12.0. The van der Waals surface area contributed by atoms with Crippen molar-refractivity contribution in [2.24, 2.45) is 5.92 Å². The Morgan fingerprint density at radius 2 is 1.85 bits per heavy atom. The second-order valence-corrected chi connectivity index (χ2v) is 6.88. The molecule has 0 unspecified atom stereocenters. The van der Waals surface area contributed by atoms with E-state index in [4.69, 9.17) is 23.2 Å². The van der Waals surface area contributed by atoms with Crippen molar-refractivity contribution in [1.82, 2.24) is 0 Å². The van der Waals surface area contributed by atoms with Gasteiger partial charge in [0.25, 0.3) is 0 Å². The van der Waals surface area contributed by atoms with E-state index >= 15 is 0 Å². The van der Waals surface area contributed by atoms with Gasteiger partial charge in [0.1, 0.15) is 0 Å². The van der Waals surface area contributed by atoms with Gasteiger partial charge in [-0.25, -0.2) is 0 Å². The van der Waals surface area contributed by atoms with Crippen LogP contribution in [0.4, 0.5) is 24.5 Å². The standard InChI is InChI=1S/C18H13Cl2F3N2O2/c19-11-5-6-13(20)15(8-11)25-9-10(7-16(25)26)17(27)24-14-4-2-1-3-12(14)18(21,22)23/h1-6,8,10H,7,9H2,(H,24,27)/t10-/m0/s1. The number of benzene rings is 2. The van der Waals surface area contributed by atoms with Gasteiger partial charge in [0.2, 0.25) is 11.8 Å². The molecule has 1 aliphatic rings. The number of carbonyl (C=O) groups is 2. The van der Waals surface area contributed by atoms with Gasteiger partial charge in [-0.05, 0) is 30.3 Å². The van der Waals surface area contributed by atoms with Crippen LogP contribution >= 0.6 is 23.2 Å². The molecule has 2 amide bonds. The number of carbonyl (C=O) groups excluding carboxylic acids is 2. The first kappa shape index (κ1) is 19.5. The van der Waals surface area contributed by atoms with E-state index in [2.05, 4.69) is 5.32 Å². The fraction of sp³-hybridized carbons (Fsp3) is 0.222. The Balaban J connectivity index is 1.78. The summed E-state index contributed by atoms with van der Waals surface area (Å²) in [5.41, 5.74) is -0.931. The number of hydrogen-bond acceptors (Lipinski definition) is 2. The smallest absolute Gasteiger partial charge is 0.325 e. The first-order valence-electron chi connectivity index (χ1n) is 7.89. The van der Waals surface area contributed by atoms with Gasteiger partial charge in [-0.1, -0.05) is 35.3 Å². The van der Waals surface area contributed by atoms with Crippen molar-refractivity contribution in [2.75, 3.05) is 16.8 Å². The van der Waals surface area contributed by atoms with E-state index in [1.807, 2.05) is 0 Å². The first-order chi connectivity index (χ1) is 12.7. The number of para-hydroxylation sites is 1. The second-order valence-electron chi connectivity index (χ2n) is 6.03. The zero-order chi connectivity index (χ0) is 19.8. The highest BCUT2D eigenvalue weighted by Crippen LogP contribution is 2.36. The lowest BCUT2D eigenvalue weighted by atomic mass is 10.1. The molecule has 0 bridgehead atoms. The van der Waals surface area contributed by atoms with Crippen LogP contribution in [-0.2, 0) is 15.8 Å². The molecule has 1 aliphatic heterocycles. The van der Waals surface area contributed by atoms with E-state index in [0.717, 1.165) is 6.07 Å². The van der Waals surface area contributed by atoms with Crippen LogP contribution in [0.2, 0.25) is 10.0 Å². The number of hydrogen-bond donors (Lipinski definition) is 1. The van der Waals surface area contributed by atoms with Gasteiger partial charge >= 0.3 is 6.18 Å². The van der Waals surface area contributed by atoms with Crippen molar-refractivity contribution >= 4 is 46.4 Å². The molecule has 1 saturated heterocycles. The summed E-state index contributed by atoms with van der Waals surface area (Å²) in [6, 6.07) is 9.27. The average molecular weight is 417 g/mol. The zero-order valence-corrected chi connectivity index (χ0v) is 15.2. The maximum Gasteiger partial charge on any atom is 0.418 e. The minimum atomic E-state index is -4.60. The topological polar surface area (TPSA) is 49.4 Å². The molecule has 0 saturated carbocycles. The molecule has 1 N–H and O–H groups in total. The highest BCUT2D eigenvalue weighted by Gasteiger charge is 2.38. The Morgan fingerprint density at radius 1 is 1.15 bits per heavy atom. The van der Waals surface area contributed by atoms with Gasteiger partial charge in [0.15, 0.2) is 0 Å². The number of nitrogens with one attached hydrogen (secondary N) is 1. The fourth-order valence-electron chi connectivity index (χ4n) is 2.88. The van der Waals surface area contributed by atoms with E-state index in [-0.39, 0.29) is 29.6 Å². The Hall–Kier alpha value is -2.25. The van der Waals surface area contributed by atoms with Crippen molar-refractivity contribution in [3.8, 4) is 0 Å². The van der Waals surface area contributed by atoms with E-state index in [1.54, 1.807) is 6.07 Å². The number of halogens is 5. The lowest BCUT2D eigenvalue weighted by molar-refractivity contribution is -0.137. The lowest BCUT2D eigenvalue weighted by Crippen LogP contribution is -2.28. The number of rotatable bonds is 3. The Morgan fingerprint density at radius 3 is 2.56 bits per heavy atom. The molecule has 1 atom stereocenters. The molecular weight excluding hydrogens is 404 g/mol. The van der Waals surface area contributed by atoms with Gasteiger partial charge in [0.05, 0.1) is 27.9 Å². The van der Waals surface area contributed by atoms with Crippen molar-refractivity contribution in [3.63, 3.8) is 0 Å². The molecular formula is C18H13Cl2F3N2O2. The fourth-order valence-corrected chi connectivity index (χ4v) is 3.27. The summed E-state index contributed by atoms with van der Waals surface area (Å²) in [4.78, 5) is 26.1. The molecule has 0 aliphatic carbocycles. The summed E-state index contributed by atoms with van der Waals surface area (Å²) in [7, 11) is 0. The van der Waals surface area contributed by atoms with Crippen LogP contribution in [0.5, 0.6) is 0 Å². The van der Waals surface area contributed by atoms with E-state index in [9.17, 15) is 22.8 Å². The summed E-state index contributed by atoms with van der Waals surface area (Å²) in [6.45, 7) is -0.00108. The number of nitrogens with zero attached hydrogens (tertiary/aromatic N) is 1. The van der Waals surface area contributed by atoms with Gasteiger partial charge in [0, 0.05) is 18.0 Å². The molecule has 0 radical (unpaired) electrons. The van der Waals surface area contributed by atoms with Crippen LogP contribution < -0.4 is 10.2 Å².